The topological polar surface area (TPSA) is 3.24 Å². The first-order valence-electron chi connectivity index (χ1n) is 4.99. The standard InChI is InChI=1S/C12H19N/c1-5-11-7-8-12(10(3)9-11)13(4)6-2/h7-9H,5-6H2,1-4H3. The van der Waals surface area contributed by atoms with Crippen LogP contribution < -0.4 is 4.90 Å². The third-order valence-corrected chi connectivity index (χ3v) is 2.56. The molecule has 1 aromatic carbocycles. The van der Waals surface area contributed by atoms with Gasteiger partial charge in [0.25, 0.3) is 0 Å². The highest BCUT2D eigenvalue weighted by Gasteiger charge is 2.02. The van der Waals surface area contributed by atoms with Crippen molar-refractivity contribution in [3.63, 3.8) is 0 Å². The molecule has 0 unspecified atom stereocenters. The van der Waals surface area contributed by atoms with Gasteiger partial charge in [-0.15, -0.1) is 0 Å². The van der Waals surface area contributed by atoms with Crippen LogP contribution in [0.3, 0.4) is 0 Å². The molecule has 0 saturated carbocycles. The van der Waals surface area contributed by atoms with E-state index >= 15 is 0 Å². The highest BCUT2D eigenvalue weighted by Crippen LogP contribution is 2.19. The Morgan fingerprint density at radius 1 is 1.23 bits per heavy atom. The zero-order valence-corrected chi connectivity index (χ0v) is 9.09. The van der Waals surface area contributed by atoms with Crippen molar-refractivity contribution in [2.24, 2.45) is 0 Å². The number of rotatable bonds is 3. The average Bonchev–Trinajstić information content (AvgIpc) is 2.16. The number of hydrogen-bond donors (Lipinski definition) is 0. The molecule has 0 heterocycles. The molecule has 13 heavy (non-hydrogen) atoms. The van der Waals surface area contributed by atoms with Crippen molar-refractivity contribution < 1.29 is 0 Å². The van der Waals surface area contributed by atoms with Gasteiger partial charge in [-0.2, -0.15) is 0 Å². The van der Waals surface area contributed by atoms with Gasteiger partial charge in [0.2, 0.25) is 0 Å². The Kier molecular flexibility index (Phi) is 3.35. The van der Waals surface area contributed by atoms with Crippen LogP contribution in [0.4, 0.5) is 5.69 Å². The Morgan fingerprint density at radius 2 is 1.92 bits per heavy atom. The molecule has 1 aromatic rings. The summed E-state index contributed by atoms with van der Waals surface area (Å²) in [6, 6.07) is 6.72. The SMILES string of the molecule is CCc1ccc(N(C)CC)c(C)c1. The van der Waals surface area contributed by atoms with E-state index in [0.717, 1.165) is 13.0 Å². The van der Waals surface area contributed by atoms with Crippen LogP contribution in [-0.4, -0.2) is 13.6 Å². The van der Waals surface area contributed by atoms with Gasteiger partial charge < -0.3 is 4.90 Å². The first kappa shape index (κ1) is 10.1. The van der Waals surface area contributed by atoms with E-state index in [9.17, 15) is 0 Å². The number of anilines is 1. The van der Waals surface area contributed by atoms with Gasteiger partial charge in [-0.1, -0.05) is 19.1 Å². The largest absolute Gasteiger partial charge is 0.375 e. The van der Waals surface area contributed by atoms with Crippen LogP contribution >= 0.6 is 0 Å². The summed E-state index contributed by atoms with van der Waals surface area (Å²) in [4.78, 5) is 2.27. The fourth-order valence-electron chi connectivity index (χ4n) is 1.54. The molecule has 0 aromatic heterocycles. The second-order valence-electron chi connectivity index (χ2n) is 3.49. The minimum absolute atomic E-state index is 1.06. The molecular weight excluding hydrogens is 158 g/mol. The Bertz CT molecular complexity index is 278. The first-order chi connectivity index (χ1) is 6.19. The summed E-state index contributed by atoms with van der Waals surface area (Å²) >= 11 is 0. The maximum Gasteiger partial charge on any atom is 0.0393 e. The van der Waals surface area contributed by atoms with E-state index in [0.29, 0.717) is 0 Å². The molecule has 0 fully saturated rings. The van der Waals surface area contributed by atoms with Crippen LogP contribution in [0.5, 0.6) is 0 Å². The van der Waals surface area contributed by atoms with Crippen molar-refractivity contribution in [1.82, 2.24) is 0 Å². The molecule has 1 nitrogen and oxygen atoms in total. The van der Waals surface area contributed by atoms with E-state index in [1.54, 1.807) is 0 Å². The minimum Gasteiger partial charge on any atom is -0.375 e. The van der Waals surface area contributed by atoms with Gasteiger partial charge in [-0.05, 0) is 37.5 Å². The molecule has 0 bridgehead atoms. The van der Waals surface area contributed by atoms with Crippen LogP contribution in [-0.2, 0) is 6.42 Å². The lowest BCUT2D eigenvalue weighted by atomic mass is 10.1. The second kappa shape index (κ2) is 4.31. The van der Waals surface area contributed by atoms with Crippen molar-refractivity contribution in [2.45, 2.75) is 27.2 Å². The molecule has 0 radical (unpaired) electrons. The summed E-state index contributed by atoms with van der Waals surface area (Å²) in [5, 5.41) is 0. The quantitative estimate of drug-likeness (QED) is 0.686. The molecule has 0 N–H and O–H groups in total. The number of nitrogens with zero attached hydrogens (tertiary/aromatic N) is 1. The van der Waals surface area contributed by atoms with E-state index in [1.807, 2.05) is 0 Å². The monoisotopic (exact) mass is 177 g/mol. The lowest BCUT2D eigenvalue weighted by molar-refractivity contribution is 0.958. The van der Waals surface area contributed by atoms with Crippen molar-refractivity contribution in [3.05, 3.63) is 29.3 Å². The predicted molar refractivity (Wildman–Crippen MR) is 59.5 cm³/mol. The van der Waals surface area contributed by atoms with Crippen LogP contribution in [0.1, 0.15) is 25.0 Å². The fraction of sp³-hybridized carbons (Fsp3) is 0.500. The van der Waals surface area contributed by atoms with Gasteiger partial charge in [-0.25, -0.2) is 0 Å². The van der Waals surface area contributed by atoms with Crippen molar-refractivity contribution in [3.8, 4) is 0 Å². The summed E-state index contributed by atoms with van der Waals surface area (Å²) in [6.07, 6.45) is 1.12. The van der Waals surface area contributed by atoms with Crippen LogP contribution in [0.2, 0.25) is 0 Å². The van der Waals surface area contributed by atoms with Gasteiger partial charge >= 0.3 is 0 Å². The summed E-state index contributed by atoms with van der Waals surface area (Å²) in [5.74, 6) is 0. The van der Waals surface area contributed by atoms with E-state index < -0.39 is 0 Å². The Labute approximate surface area is 81.4 Å². The van der Waals surface area contributed by atoms with Crippen LogP contribution in [0.15, 0.2) is 18.2 Å². The molecule has 0 aliphatic carbocycles. The Balaban J connectivity index is 2.98. The maximum absolute atomic E-state index is 2.28. The van der Waals surface area contributed by atoms with Crippen LogP contribution in [0.25, 0.3) is 0 Å². The molecule has 1 heteroatoms. The van der Waals surface area contributed by atoms with E-state index in [-0.39, 0.29) is 0 Å². The lowest BCUT2D eigenvalue weighted by Crippen LogP contribution is -2.16. The predicted octanol–water partition coefficient (Wildman–Crippen LogP) is 3.01. The zero-order valence-electron chi connectivity index (χ0n) is 9.09. The van der Waals surface area contributed by atoms with E-state index in [4.69, 9.17) is 0 Å². The van der Waals surface area contributed by atoms with E-state index in [2.05, 4.69) is 50.9 Å². The third-order valence-electron chi connectivity index (χ3n) is 2.56. The third kappa shape index (κ3) is 2.24. The minimum atomic E-state index is 1.06. The number of benzene rings is 1. The summed E-state index contributed by atoms with van der Waals surface area (Å²) in [6.45, 7) is 7.61. The summed E-state index contributed by atoms with van der Waals surface area (Å²) < 4.78 is 0. The van der Waals surface area contributed by atoms with Gasteiger partial charge in [0.15, 0.2) is 0 Å². The van der Waals surface area contributed by atoms with Gasteiger partial charge in [0.05, 0.1) is 0 Å². The molecule has 0 amide bonds. The molecule has 0 aliphatic heterocycles. The molecular formula is C12H19N. The van der Waals surface area contributed by atoms with Gasteiger partial charge in [-0.3, -0.25) is 0 Å². The van der Waals surface area contributed by atoms with Crippen molar-refractivity contribution in [1.29, 1.82) is 0 Å². The molecule has 0 aliphatic rings. The van der Waals surface area contributed by atoms with Crippen molar-refractivity contribution in [2.75, 3.05) is 18.5 Å². The zero-order chi connectivity index (χ0) is 9.84. The van der Waals surface area contributed by atoms with Crippen molar-refractivity contribution >= 4 is 5.69 Å². The smallest absolute Gasteiger partial charge is 0.0393 e. The van der Waals surface area contributed by atoms with Gasteiger partial charge in [0, 0.05) is 19.3 Å². The molecule has 72 valence electrons. The normalized spacial score (nSPS) is 10.2. The molecule has 1 rings (SSSR count). The lowest BCUT2D eigenvalue weighted by Gasteiger charge is -2.19. The Hall–Kier alpha value is -0.980. The van der Waals surface area contributed by atoms with Gasteiger partial charge in [0.1, 0.15) is 0 Å². The summed E-state index contributed by atoms with van der Waals surface area (Å²) in [5.41, 5.74) is 4.15. The second-order valence-corrected chi connectivity index (χ2v) is 3.49. The molecule has 0 spiro atoms. The average molecular weight is 177 g/mol. The molecule has 0 atom stereocenters. The fourth-order valence-corrected chi connectivity index (χ4v) is 1.54. The Morgan fingerprint density at radius 3 is 2.38 bits per heavy atom. The molecule has 0 saturated heterocycles. The maximum atomic E-state index is 2.28. The highest BCUT2D eigenvalue weighted by atomic mass is 15.1. The highest BCUT2D eigenvalue weighted by molar-refractivity contribution is 5.53. The number of hydrogen-bond acceptors (Lipinski definition) is 1. The van der Waals surface area contributed by atoms with Crippen LogP contribution in [0, 0.1) is 6.92 Å². The number of aryl methyl sites for hydroxylation is 2. The van der Waals surface area contributed by atoms with E-state index in [1.165, 1.54) is 16.8 Å². The summed E-state index contributed by atoms with van der Waals surface area (Å²) in [7, 11) is 2.13. The first-order valence-corrected chi connectivity index (χ1v) is 4.99.